The average molecular weight is 431 g/mol. The maximum atomic E-state index is 12.8. The van der Waals surface area contributed by atoms with Gasteiger partial charge in [-0.25, -0.2) is 0 Å². The first kappa shape index (κ1) is 21.2. The van der Waals surface area contributed by atoms with Crippen molar-refractivity contribution in [2.75, 3.05) is 18.4 Å². The zero-order chi connectivity index (χ0) is 21.6. The number of likely N-dealkylation sites (tertiary alicyclic amines) is 1. The lowest BCUT2D eigenvalue weighted by atomic mass is 10.0. The zero-order valence-electron chi connectivity index (χ0n) is 17.6. The van der Waals surface area contributed by atoms with Crippen LogP contribution in [-0.4, -0.2) is 29.8 Å². The molecule has 0 unspecified atom stereocenters. The number of thioether (sulfide) groups is 1. The van der Waals surface area contributed by atoms with Crippen LogP contribution in [0.5, 0.6) is 0 Å². The number of nitrogens with one attached hydrogen (secondary N) is 1. The van der Waals surface area contributed by atoms with E-state index in [0.717, 1.165) is 42.1 Å². The largest absolute Gasteiger partial charge is 0.339 e. The predicted molar refractivity (Wildman–Crippen MR) is 127 cm³/mol. The highest BCUT2D eigenvalue weighted by Crippen LogP contribution is 2.25. The molecule has 0 bridgehead atoms. The zero-order valence-corrected chi connectivity index (χ0v) is 18.5. The number of hydrogen-bond acceptors (Lipinski definition) is 3. The summed E-state index contributed by atoms with van der Waals surface area (Å²) >= 11 is 1.74. The molecule has 4 rings (SSSR count). The molecule has 0 atom stereocenters. The lowest BCUT2D eigenvalue weighted by Crippen LogP contribution is -2.28. The number of anilines is 1. The predicted octanol–water partition coefficient (Wildman–Crippen LogP) is 5.78. The number of carbonyl (C=O) groups excluding carboxylic acids is 2. The normalized spacial score (nSPS) is 13.3. The summed E-state index contributed by atoms with van der Waals surface area (Å²) in [5.41, 5.74) is 4.01. The highest BCUT2D eigenvalue weighted by atomic mass is 32.2. The first-order valence-corrected chi connectivity index (χ1v) is 11.6. The van der Waals surface area contributed by atoms with Crippen LogP contribution in [0.15, 0.2) is 77.7 Å². The molecular formula is C26H26N2O2S. The summed E-state index contributed by atoms with van der Waals surface area (Å²) in [4.78, 5) is 28.6. The van der Waals surface area contributed by atoms with Crippen LogP contribution in [0.25, 0.3) is 0 Å². The van der Waals surface area contributed by atoms with Gasteiger partial charge in [-0.1, -0.05) is 36.4 Å². The lowest BCUT2D eigenvalue weighted by Gasteiger charge is -2.18. The number of nitrogens with zero attached hydrogens (tertiary/aromatic N) is 1. The van der Waals surface area contributed by atoms with Gasteiger partial charge in [0.25, 0.3) is 11.8 Å². The molecule has 1 saturated heterocycles. The van der Waals surface area contributed by atoms with E-state index < -0.39 is 0 Å². The maximum Gasteiger partial charge on any atom is 0.255 e. The van der Waals surface area contributed by atoms with E-state index >= 15 is 0 Å². The molecule has 1 aliphatic rings. The van der Waals surface area contributed by atoms with Crippen LogP contribution in [-0.2, 0) is 5.75 Å². The van der Waals surface area contributed by atoms with Gasteiger partial charge in [-0.3, -0.25) is 9.59 Å². The number of rotatable bonds is 6. The van der Waals surface area contributed by atoms with Crippen molar-refractivity contribution in [3.63, 3.8) is 0 Å². The summed E-state index contributed by atoms with van der Waals surface area (Å²) in [6.45, 7) is 3.51. The van der Waals surface area contributed by atoms with Crippen LogP contribution < -0.4 is 5.32 Å². The smallest absolute Gasteiger partial charge is 0.255 e. The van der Waals surface area contributed by atoms with Crippen molar-refractivity contribution in [1.29, 1.82) is 0 Å². The Balaban J connectivity index is 1.41. The monoisotopic (exact) mass is 430 g/mol. The Morgan fingerprint density at radius 2 is 1.61 bits per heavy atom. The number of amides is 2. The van der Waals surface area contributed by atoms with Crippen LogP contribution in [0.4, 0.5) is 5.69 Å². The molecule has 3 aromatic carbocycles. The van der Waals surface area contributed by atoms with E-state index in [1.165, 1.54) is 5.56 Å². The first-order chi connectivity index (χ1) is 15.1. The fourth-order valence-electron chi connectivity index (χ4n) is 3.73. The van der Waals surface area contributed by atoms with Crippen molar-refractivity contribution >= 4 is 29.3 Å². The van der Waals surface area contributed by atoms with E-state index in [1.807, 2.05) is 72.5 Å². The maximum absolute atomic E-state index is 12.8. The molecule has 1 aliphatic heterocycles. The summed E-state index contributed by atoms with van der Waals surface area (Å²) in [6, 6.07) is 23.5. The van der Waals surface area contributed by atoms with Gasteiger partial charge in [-0.15, -0.1) is 11.8 Å². The van der Waals surface area contributed by atoms with Crippen LogP contribution in [0, 0.1) is 6.92 Å². The fraction of sp³-hybridized carbons (Fsp3) is 0.231. The highest BCUT2D eigenvalue weighted by molar-refractivity contribution is 7.98. The summed E-state index contributed by atoms with van der Waals surface area (Å²) in [7, 11) is 0. The molecule has 1 N–H and O–H groups in total. The Bertz CT molecular complexity index is 1060. The molecule has 0 radical (unpaired) electrons. The quantitative estimate of drug-likeness (QED) is 0.505. The Morgan fingerprint density at radius 3 is 2.32 bits per heavy atom. The van der Waals surface area contributed by atoms with Crippen molar-refractivity contribution in [2.24, 2.45) is 0 Å². The molecule has 4 nitrogen and oxygen atoms in total. The molecular weight excluding hydrogens is 404 g/mol. The molecule has 31 heavy (non-hydrogen) atoms. The average Bonchev–Trinajstić information content (AvgIpc) is 3.35. The Labute approximate surface area is 187 Å². The van der Waals surface area contributed by atoms with Gasteiger partial charge in [0.2, 0.25) is 0 Å². The van der Waals surface area contributed by atoms with Gasteiger partial charge in [-0.05, 0) is 67.3 Å². The Morgan fingerprint density at radius 1 is 0.903 bits per heavy atom. The van der Waals surface area contributed by atoms with Gasteiger partial charge in [0.15, 0.2) is 0 Å². The van der Waals surface area contributed by atoms with E-state index in [4.69, 9.17) is 0 Å². The Kier molecular flexibility index (Phi) is 6.73. The van der Waals surface area contributed by atoms with Crippen LogP contribution in [0.3, 0.4) is 0 Å². The molecule has 5 heteroatoms. The fourth-order valence-corrected chi connectivity index (χ4v) is 4.59. The van der Waals surface area contributed by atoms with Crippen molar-refractivity contribution in [3.8, 4) is 0 Å². The van der Waals surface area contributed by atoms with Gasteiger partial charge < -0.3 is 10.2 Å². The van der Waals surface area contributed by atoms with Gasteiger partial charge in [0, 0.05) is 40.6 Å². The third-order valence-electron chi connectivity index (χ3n) is 5.57. The highest BCUT2D eigenvalue weighted by Gasteiger charge is 2.22. The van der Waals surface area contributed by atoms with Gasteiger partial charge >= 0.3 is 0 Å². The van der Waals surface area contributed by atoms with Crippen LogP contribution >= 0.6 is 11.8 Å². The van der Waals surface area contributed by atoms with Crippen molar-refractivity contribution in [2.45, 2.75) is 30.4 Å². The second-order valence-electron chi connectivity index (χ2n) is 7.73. The molecule has 0 spiro atoms. The van der Waals surface area contributed by atoms with E-state index in [0.29, 0.717) is 16.8 Å². The standard InChI is InChI=1S/C26H26N2O2S/c1-19-23(26(30)28-16-5-6-17-28)10-7-11-24(19)27-25(29)21-12-14-22(15-13-21)31-18-20-8-3-2-4-9-20/h2-4,7-15H,5-6,16-18H2,1H3,(H,27,29). The summed E-state index contributed by atoms with van der Waals surface area (Å²) in [6.07, 6.45) is 2.11. The third kappa shape index (κ3) is 5.17. The molecule has 0 saturated carbocycles. The second kappa shape index (κ2) is 9.84. The Hall–Kier alpha value is -3.05. The summed E-state index contributed by atoms with van der Waals surface area (Å²) in [5.74, 6) is 0.767. The van der Waals surface area contributed by atoms with Gasteiger partial charge in [-0.2, -0.15) is 0 Å². The lowest BCUT2D eigenvalue weighted by molar-refractivity contribution is 0.0791. The first-order valence-electron chi connectivity index (χ1n) is 10.6. The van der Waals surface area contributed by atoms with Gasteiger partial charge in [0.1, 0.15) is 0 Å². The second-order valence-corrected chi connectivity index (χ2v) is 8.78. The number of hydrogen-bond donors (Lipinski definition) is 1. The topological polar surface area (TPSA) is 49.4 Å². The van der Waals surface area contributed by atoms with Crippen molar-refractivity contribution in [1.82, 2.24) is 4.90 Å². The van der Waals surface area contributed by atoms with Gasteiger partial charge in [0.05, 0.1) is 0 Å². The summed E-state index contributed by atoms with van der Waals surface area (Å²) in [5, 5.41) is 2.97. The van der Waals surface area contributed by atoms with E-state index in [1.54, 1.807) is 11.8 Å². The minimum Gasteiger partial charge on any atom is -0.339 e. The minimum atomic E-state index is -0.173. The van der Waals surface area contributed by atoms with Crippen LogP contribution in [0.2, 0.25) is 0 Å². The molecule has 158 valence electrons. The SMILES string of the molecule is Cc1c(NC(=O)c2ccc(SCc3ccccc3)cc2)cccc1C(=O)N1CCCC1. The molecule has 1 fully saturated rings. The van der Waals surface area contributed by atoms with E-state index in [-0.39, 0.29) is 11.8 Å². The molecule has 0 aliphatic carbocycles. The molecule has 1 heterocycles. The van der Waals surface area contributed by atoms with E-state index in [9.17, 15) is 9.59 Å². The third-order valence-corrected chi connectivity index (χ3v) is 6.65. The van der Waals surface area contributed by atoms with Crippen molar-refractivity contribution in [3.05, 3.63) is 95.1 Å². The molecule has 0 aromatic heterocycles. The summed E-state index contributed by atoms with van der Waals surface area (Å²) < 4.78 is 0. The molecule has 3 aromatic rings. The number of carbonyl (C=O) groups is 2. The minimum absolute atomic E-state index is 0.0471. The van der Waals surface area contributed by atoms with Crippen LogP contribution in [0.1, 0.15) is 44.7 Å². The van der Waals surface area contributed by atoms with E-state index in [2.05, 4.69) is 17.4 Å². The van der Waals surface area contributed by atoms with Crippen molar-refractivity contribution < 1.29 is 9.59 Å². The number of benzene rings is 3. The molecule has 2 amide bonds.